The number of hydrogen-bond donors (Lipinski definition) is 0. The molecular weight excluding hydrogens is 313 g/mol. The molecule has 6 heteroatoms. The molecule has 0 spiro atoms. The van der Waals surface area contributed by atoms with Crippen LogP contribution >= 0.6 is 22.6 Å². The van der Waals surface area contributed by atoms with E-state index in [2.05, 4.69) is 4.74 Å². The number of rotatable bonds is 3. The van der Waals surface area contributed by atoms with E-state index in [1.807, 2.05) is 22.6 Å². The maximum atomic E-state index is 11.1. The molecule has 1 aromatic carbocycles. The molecule has 0 bridgehead atoms. The van der Waals surface area contributed by atoms with Crippen molar-refractivity contribution in [3.63, 3.8) is 0 Å². The molecule has 0 unspecified atom stereocenters. The first-order valence-corrected chi connectivity index (χ1v) is 5.54. The molecule has 1 rings (SSSR count). The summed E-state index contributed by atoms with van der Waals surface area (Å²) in [6.07, 6.45) is 0. The van der Waals surface area contributed by atoms with Crippen molar-refractivity contribution in [3.05, 3.63) is 39.4 Å². The monoisotopic (exact) mass is 321 g/mol. The van der Waals surface area contributed by atoms with Crippen molar-refractivity contribution in [3.8, 4) is 0 Å². The van der Waals surface area contributed by atoms with E-state index in [9.17, 15) is 14.9 Å². The lowest BCUT2D eigenvalue weighted by atomic mass is 10.1. The number of carbonyl (C=O) groups excluding carboxylic acids is 1. The number of ether oxygens (including phenoxy) is 1. The first-order chi connectivity index (χ1) is 7.10. The highest BCUT2D eigenvalue weighted by Crippen LogP contribution is 2.23. The predicted octanol–water partition coefficient (Wildman–Crippen LogP) is 2.32. The van der Waals surface area contributed by atoms with Crippen molar-refractivity contribution >= 4 is 34.2 Å². The van der Waals surface area contributed by atoms with E-state index in [1.165, 1.54) is 19.2 Å². The number of halogens is 1. The Labute approximate surface area is 99.7 Å². The number of hydrogen-bond acceptors (Lipinski definition) is 4. The predicted molar refractivity (Wildman–Crippen MR) is 62.2 cm³/mol. The number of alkyl halides is 1. The Morgan fingerprint density at radius 3 is 2.73 bits per heavy atom. The van der Waals surface area contributed by atoms with Crippen molar-refractivity contribution in [2.45, 2.75) is 4.43 Å². The quantitative estimate of drug-likeness (QED) is 0.282. The minimum atomic E-state index is -0.571. The smallest absolute Gasteiger partial charge is 0.338 e. The SMILES string of the molecule is COC(=O)c1ccc(CI)c([N+](=O)[O-])c1. The summed E-state index contributed by atoms with van der Waals surface area (Å²) < 4.78 is 5.00. The van der Waals surface area contributed by atoms with E-state index >= 15 is 0 Å². The minimum absolute atomic E-state index is 0.0488. The number of nitro benzene ring substituents is 1. The van der Waals surface area contributed by atoms with Gasteiger partial charge in [0.05, 0.1) is 17.6 Å². The van der Waals surface area contributed by atoms with Crippen LogP contribution in [0.4, 0.5) is 5.69 Å². The third-order valence-electron chi connectivity index (χ3n) is 1.85. The Morgan fingerprint density at radius 1 is 1.60 bits per heavy atom. The number of nitrogens with zero attached hydrogens (tertiary/aromatic N) is 1. The van der Waals surface area contributed by atoms with Gasteiger partial charge in [-0.1, -0.05) is 28.7 Å². The van der Waals surface area contributed by atoms with Crippen LogP contribution in [0.15, 0.2) is 18.2 Å². The van der Waals surface area contributed by atoms with Gasteiger partial charge in [0.2, 0.25) is 0 Å². The van der Waals surface area contributed by atoms with E-state index in [0.29, 0.717) is 9.99 Å². The third-order valence-corrected chi connectivity index (χ3v) is 2.67. The topological polar surface area (TPSA) is 69.4 Å². The van der Waals surface area contributed by atoms with Crippen LogP contribution in [-0.2, 0) is 9.16 Å². The molecule has 0 amide bonds. The number of nitro groups is 1. The van der Waals surface area contributed by atoms with Crippen LogP contribution in [0.25, 0.3) is 0 Å². The van der Waals surface area contributed by atoms with Gasteiger partial charge in [-0.2, -0.15) is 0 Å². The molecule has 0 fully saturated rings. The second kappa shape index (κ2) is 5.06. The number of methoxy groups -OCH3 is 1. The molecule has 0 saturated carbocycles. The van der Waals surface area contributed by atoms with Gasteiger partial charge in [-0.3, -0.25) is 10.1 Å². The Bertz CT molecular complexity index is 405. The maximum Gasteiger partial charge on any atom is 0.338 e. The zero-order valence-electron chi connectivity index (χ0n) is 7.90. The lowest BCUT2D eigenvalue weighted by Crippen LogP contribution is -2.03. The van der Waals surface area contributed by atoms with E-state index in [1.54, 1.807) is 6.07 Å². The molecule has 0 aliphatic carbocycles. The lowest BCUT2D eigenvalue weighted by Gasteiger charge is -2.02. The van der Waals surface area contributed by atoms with Gasteiger partial charge in [-0.05, 0) is 6.07 Å². The Balaban J connectivity index is 3.22. The van der Waals surface area contributed by atoms with E-state index in [0.717, 1.165) is 0 Å². The van der Waals surface area contributed by atoms with Crippen LogP contribution in [0, 0.1) is 10.1 Å². The van der Waals surface area contributed by atoms with Crippen LogP contribution in [0.3, 0.4) is 0 Å². The molecule has 0 aromatic heterocycles. The Kier molecular flexibility index (Phi) is 4.01. The van der Waals surface area contributed by atoms with E-state index < -0.39 is 10.9 Å². The van der Waals surface area contributed by atoms with Gasteiger partial charge in [0.25, 0.3) is 5.69 Å². The highest BCUT2D eigenvalue weighted by Gasteiger charge is 2.16. The molecular formula is C9H8INO4. The van der Waals surface area contributed by atoms with Gasteiger partial charge < -0.3 is 4.74 Å². The molecule has 0 N–H and O–H groups in total. The van der Waals surface area contributed by atoms with Crippen molar-refractivity contribution in [1.82, 2.24) is 0 Å². The molecule has 0 aliphatic rings. The molecule has 80 valence electrons. The molecule has 0 saturated heterocycles. The summed E-state index contributed by atoms with van der Waals surface area (Å²) in [7, 11) is 1.24. The highest BCUT2D eigenvalue weighted by molar-refractivity contribution is 14.1. The highest BCUT2D eigenvalue weighted by atomic mass is 127. The zero-order chi connectivity index (χ0) is 11.4. The largest absolute Gasteiger partial charge is 0.465 e. The Morgan fingerprint density at radius 2 is 2.27 bits per heavy atom. The lowest BCUT2D eigenvalue weighted by molar-refractivity contribution is -0.385. The van der Waals surface area contributed by atoms with E-state index in [4.69, 9.17) is 0 Å². The van der Waals surface area contributed by atoms with Gasteiger partial charge in [0, 0.05) is 16.1 Å². The van der Waals surface area contributed by atoms with Gasteiger partial charge >= 0.3 is 5.97 Å². The summed E-state index contributed by atoms with van der Waals surface area (Å²) in [6.45, 7) is 0. The Hall–Kier alpha value is -1.18. The number of esters is 1. The average molecular weight is 321 g/mol. The molecule has 0 heterocycles. The fourth-order valence-corrected chi connectivity index (χ4v) is 1.74. The molecule has 1 aromatic rings. The second-order valence-corrected chi connectivity index (χ2v) is 3.49. The summed E-state index contributed by atoms with van der Waals surface area (Å²) >= 11 is 2.03. The summed E-state index contributed by atoms with van der Waals surface area (Å²) in [5.41, 5.74) is 0.735. The molecule has 5 nitrogen and oxygen atoms in total. The summed E-state index contributed by atoms with van der Waals surface area (Å²) in [5, 5.41) is 10.7. The fraction of sp³-hybridized carbons (Fsp3) is 0.222. The van der Waals surface area contributed by atoms with Crippen LogP contribution in [0.2, 0.25) is 0 Å². The number of carbonyl (C=O) groups is 1. The van der Waals surface area contributed by atoms with Crippen molar-refractivity contribution in [1.29, 1.82) is 0 Å². The summed E-state index contributed by atoms with van der Waals surface area (Å²) in [4.78, 5) is 21.3. The molecule has 15 heavy (non-hydrogen) atoms. The standard InChI is InChI=1S/C9H8INO4/c1-15-9(12)6-2-3-7(5-10)8(4-6)11(13)14/h2-4H,5H2,1H3. The van der Waals surface area contributed by atoms with Gasteiger partial charge in [-0.15, -0.1) is 0 Å². The normalized spacial score (nSPS) is 9.73. The van der Waals surface area contributed by atoms with Crippen molar-refractivity contribution in [2.24, 2.45) is 0 Å². The average Bonchev–Trinajstić information content (AvgIpc) is 2.27. The zero-order valence-corrected chi connectivity index (χ0v) is 10.1. The fourth-order valence-electron chi connectivity index (χ4n) is 1.09. The summed E-state index contributed by atoms with van der Waals surface area (Å²) in [6, 6.07) is 4.32. The van der Waals surface area contributed by atoms with Crippen LogP contribution in [-0.4, -0.2) is 18.0 Å². The van der Waals surface area contributed by atoms with Gasteiger partial charge in [0.15, 0.2) is 0 Å². The summed E-state index contributed by atoms with van der Waals surface area (Å²) in [5.74, 6) is -0.571. The third kappa shape index (κ3) is 2.65. The van der Waals surface area contributed by atoms with Gasteiger partial charge in [0.1, 0.15) is 0 Å². The van der Waals surface area contributed by atoms with Crippen LogP contribution in [0.5, 0.6) is 0 Å². The van der Waals surface area contributed by atoms with Crippen molar-refractivity contribution < 1.29 is 14.5 Å². The van der Waals surface area contributed by atoms with Crippen molar-refractivity contribution in [2.75, 3.05) is 7.11 Å². The first-order valence-electron chi connectivity index (χ1n) is 4.01. The first kappa shape index (κ1) is 11.9. The van der Waals surface area contributed by atoms with Gasteiger partial charge in [-0.25, -0.2) is 4.79 Å². The van der Waals surface area contributed by atoms with E-state index in [-0.39, 0.29) is 11.3 Å². The number of benzene rings is 1. The minimum Gasteiger partial charge on any atom is -0.465 e. The molecule has 0 atom stereocenters. The van der Waals surface area contributed by atoms with Crippen LogP contribution < -0.4 is 0 Å². The molecule has 0 radical (unpaired) electrons. The maximum absolute atomic E-state index is 11.1. The second-order valence-electron chi connectivity index (χ2n) is 2.73. The molecule has 0 aliphatic heterocycles. The van der Waals surface area contributed by atoms with Crippen LogP contribution in [0.1, 0.15) is 15.9 Å².